The van der Waals surface area contributed by atoms with Gasteiger partial charge in [0.2, 0.25) is 0 Å². The van der Waals surface area contributed by atoms with Crippen molar-refractivity contribution in [2.45, 2.75) is 45.6 Å². The molecule has 3 atom stereocenters. The van der Waals surface area contributed by atoms with E-state index in [-0.39, 0.29) is 0 Å². The minimum atomic E-state index is 0.822. The number of rotatable bonds is 2. The fraction of sp³-hybridized carbons (Fsp3) is 1.00. The van der Waals surface area contributed by atoms with Crippen LogP contribution in [0.5, 0.6) is 0 Å². The van der Waals surface area contributed by atoms with Gasteiger partial charge in [-0.05, 0) is 44.2 Å². The first-order valence-corrected chi connectivity index (χ1v) is 6.74. The Morgan fingerprint density at radius 1 is 1.33 bits per heavy atom. The Bertz CT molecular complexity index is 193. The summed E-state index contributed by atoms with van der Waals surface area (Å²) in [6, 6.07) is 0.822. The lowest BCUT2D eigenvalue weighted by Gasteiger charge is -2.41. The molecule has 88 valence electrons. The standard InChI is InChI=1S/C13H26N2/c1-3-12-5-4-6-15(10-12)13-7-11(2)8-14-9-13/h11-14H,3-10H2,1-2H3. The van der Waals surface area contributed by atoms with Crippen LogP contribution < -0.4 is 5.32 Å². The van der Waals surface area contributed by atoms with Gasteiger partial charge in [0.1, 0.15) is 0 Å². The van der Waals surface area contributed by atoms with E-state index < -0.39 is 0 Å². The van der Waals surface area contributed by atoms with Gasteiger partial charge in [0.05, 0.1) is 0 Å². The Labute approximate surface area is 94.4 Å². The van der Waals surface area contributed by atoms with Crippen LogP contribution >= 0.6 is 0 Å². The molecule has 15 heavy (non-hydrogen) atoms. The molecule has 0 saturated carbocycles. The van der Waals surface area contributed by atoms with Crippen molar-refractivity contribution in [1.29, 1.82) is 0 Å². The van der Waals surface area contributed by atoms with E-state index in [0.717, 1.165) is 17.9 Å². The van der Waals surface area contributed by atoms with Gasteiger partial charge in [-0.15, -0.1) is 0 Å². The third-order valence-corrected chi connectivity index (χ3v) is 4.19. The predicted octanol–water partition coefficient (Wildman–Crippen LogP) is 2.11. The molecular weight excluding hydrogens is 184 g/mol. The maximum absolute atomic E-state index is 3.57. The van der Waals surface area contributed by atoms with Gasteiger partial charge in [0.15, 0.2) is 0 Å². The van der Waals surface area contributed by atoms with Gasteiger partial charge in [-0.3, -0.25) is 4.90 Å². The Morgan fingerprint density at radius 2 is 2.20 bits per heavy atom. The first-order chi connectivity index (χ1) is 7.29. The summed E-state index contributed by atoms with van der Waals surface area (Å²) >= 11 is 0. The van der Waals surface area contributed by atoms with Crippen LogP contribution in [-0.4, -0.2) is 37.1 Å². The fourth-order valence-corrected chi connectivity index (χ4v) is 3.17. The molecule has 0 aromatic carbocycles. The number of likely N-dealkylation sites (tertiary alicyclic amines) is 1. The molecule has 2 heteroatoms. The zero-order chi connectivity index (χ0) is 10.7. The number of nitrogens with one attached hydrogen (secondary N) is 1. The van der Waals surface area contributed by atoms with Crippen LogP contribution in [0, 0.1) is 11.8 Å². The molecule has 1 N–H and O–H groups in total. The third kappa shape index (κ3) is 2.94. The summed E-state index contributed by atoms with van der Waals surface area (Å²) in [7, 11) is 0. The summed E-state index contributed by atoms with van der Waals surface area (Å²) in [6.07, 6.45) is 5.65. The van der Waals surface area contributed by atoms with Gasteiger partial charge in [-0.2, -0.15) is 0 Å². The molecule has 0 spiro atoms. The summed E-state index contributed by atoms with van der Waals surface area (Å²) in [5.41, 5.74) is 0. The molecule has 0 aromatic rings. The van der Waals surface area contributed by atoms with Crippen LogP contribution in [0.25, 0.3) is 0 Å². The lowest BCUT2D eigenvalue weighted by atomic mass is 9.91. The van der Waals surface area contributed by atoms with Gasteiger partial charge in [-0.1, -0.05) is 20.3 Å². The molecule has 0 amide bonds. The topological polar surface area (TPSA) is 15.3 Å². The Kier molecular flexibility index (Phi) is 4.04. The SMILES string of the molecule is CCC1CCCN(C2CNCC(C)C2)C1. The van der Waals surface area contributed by atoms with Crippen molar-refractivity contribution >= 4 is 0 Å². The van der Waals surface area contributed by atoms with E-state index >= 15 is 0 Å². The van der Waals surface area contributed by atoms with E-state index in [1.165, 1.54) is 51.9 Å². The number of piperidine rings is 2. The number of hydrogen-bond acceptors (Lipinski definition) is 2. The maximum Gasteiger partial charge on any atom is 0.0223 e. The Balaban J connectivity index is 1.86. The van der Waals surface area contributed by atoms with Crippen molar-refractivity contribution in [3.05, 3.63) is 0 Å². The van der Waals surface area contributed by atoms with Crippen molar-refractivity contribution < 1.29 is 0 Å². The summed E-state index contributed by atoms with van der Waals surface area (Å²) in [6.45, 7) is 9.86. The maximum atomic E-state index is 3.57. The van der Waals surface area contributed by atoms with Gasteiger partial charge < -0.3 is 5.32 Å². The van der Waals surface area contributed by atoms with Crippen LogP contribution in [0.1, 0.15) is 39.5 Å². The van der Waals surface area contributed by atoms with E-state index in [1.807, 2.05) is 0 Å². The molecule has 2 saturated heterocycles. The quantitative estimate of drug-likeness (QED) is 0.751. The van der Waals surface area contributed by atoms with E-state index in [0.29, 0.717) is 0 Å². The minimum absolute atomic E-state index is 0.822. The largest absolute Gasteiger partial charge is 0.315 e. The molecule has 0 bridgehead atoms. The van der Waals surface area contributed by atoms with E-state index in [4.69, 9.17) is 0 Å². The van der Waals surface area contributed by atoms with Crippen molar-refractivity contribution in [1.82, 2.24) is 10.2 Å². The van der Waals surface area contributed by atoms with Crippen molar-refractivity contribution in [2.24, 2.45) is 11.8 Å². The van der Waals surface area contributed by atoms with E-state index in [1.54, 1.807) is 0 Å². The van der Waals surface area contributed by atoms with Crippen LogP contribution in [0.2, 0.25) is 0 Å². The predicted molar refractivity (Wildman–Crippen MR) is 65.0 cm³/mol. The molecule has 2 fully saturated rings. The highest BCUT2D eigenvalue weighted by Crippen LogP contribution is 2.24. The summed E-state index contributed by atoms with van der Waals surface area (Å²) in [5.74, 6) is 1.83. The Hall–Kier alpha value is -0.0800. The first-order valence-electron chi connectivity index (χ1n) is 6.74. The van der Waals surface area contributed by atoms with Crippen LogP contribution in [0.4, 0.5) is 0 Å². The monoisotopic (exact) mass is 210 g/mol. The van der Waals surface area contributed by atoms with Crippen molar-refractivity contribution in [3.63, 3.8) is 0 Å². The molecular formula is C13H26N2. The second-order valence-electron chi connectivity index (χ2n) is 5.56. The van der Waals surface area contributed by atoms with Crippen molar-refractivity contribution in [2.75, 3.05) is 26.2 Å². The molecule has 2 nitrogen and oxygen atoms in total. The molecule has 2 aliphatic heterocycles. The van der Waals surface area contributed by atoms with Gasteiger partial charge >= 0.3 is 0 Å². The lowest BCUT2D eigenvalue weighted by molar-refractivity contribution is 0.0920. The highest BCUT2D eigenvalue weighted by molar-refractivity contribution is 4.84. The highest BCUT2D eigenvalue weighted by atomic mass is 15.2. The van der Waals surface area contributed by atoms with Gasteiger partial charge in [-0.25, -0.2) is 0 Å². The number of hydrogen-bond donors (Lipinski definition) is 1. The fourth-order valence-electron chi connectivity index (χ4n) is 3.17. The highest BCUT2D eigenvalue weighted by Gasteiger charge is 2.27. The summed E-state index contributed by atoms with van der Waals surface area (Å²) in [5, 5.41) is 3.57. The van der Waals surface area contributed by atoms with E-state index in [9.17, 15) is 0 Å². The van der Waals surface area contributed by atoms with Crippen molar-refractivity contribution in [3.8, 4) is 0 Å². The average Bonchev–Trinajstić information content (AvgIpc) is 2.29. The minimum Gasteiger partial charge on any atom is -0.315 e. The van der Waals surface area contributed by atoms with Crippen LogP contribution in [0.3, 0.4) is 0 Å². The van der Waals surface area contributed by atoms with Crippen LogP contribution in [-0.2, 0) is 0 Å². The van der Waals surface area contributed by atoms with Gasteiger partial charge in [0.25, 0.3) is 0 Å². The molecule has 0 radical (unpaired) electrons. The first kappa shape index (κ1) is 11.4. The molecule has 0 aromatic heterocycles. The summed E-state index contributed by atoms with van der Waals surface area (Å²) in [4.78, 5) is 2.75. The molecule has 3 unspecified atom stereocenters. The Morgan fingerprint density at radius 3 is 2.93 bits per heavy atom. The van der Waals surface area contributed by atoms with Crippen LogP contribution in [0.15, 0.2) is 0 Å². The second kappa shape index (κ2) is 5.31. The normalized spacial score (nSPS) is 39.2. The molecule has 0 aliphatic carbocycles. The summed E-state index contributed by atoms with van der Waals surface area (Å²) < 4.78 is 0. The number of nitrogens with zero attached hydrogens (tertiary/aromatic N) is 1. The smallest absolute Gasteiger partial charge is 0.0223 e. The average molecular weight is 210 g/mol. The van der Waals surface area contributed by atoms with E-state index in [2.05, 4.69) is 24.1 Å². The molecule has 2 heterocycles. The lowest BCUT2D eigenvalue weighted by Crippen LogP contribution is -2.51. The second-order valence-corrected chi connectivity index (χ2v) is 5.56. The zero-order valence-electron chi connectivity index (χ0n) is 10.3. The zero-order valence-corrected chi connectivity index (χ0v) is 10.3. The van der Waals surface area contributed by atoms with Gasteiger partial charge in [0, 0.05) is 19.1 Å². The molecule has 2 rings (SSSR count). The molecule has 2 aliphatic rings. The third-order valence-electron chi connectivity index (χ3n) is 4.19.